The molecule has 21 heavy (non-hydrogen) atoms. The van der Waals surface area contributed by atoms with Gasteiger partial charge in [-0.25, -0.2) is 0 Å². The van der Waals surface area contributed by atoms with Crippen LogP contribution in [0.1, 0.15) is 32.3 Å². The third-order valence-corrected chi connectivity index (χ3v) is 3.21. The van der Waals surface area contributed by atoms with Gasteiger partial charge in [-0.2, -0.15) is 0 Å². The number of ether oxygens (including phenoxy) is 2. The molecule has 0 atom stereocenters. The van der Waals surface area contributed by atoms with Gasteiger partial charge in [-0.05, 0) is 44.4 Å². The molecule has 0 radical (unpaired) electrons. The highest BCUT2D eigenvalue weighted by molar-refractivity contribution is 5.77. The molecule has 0 aromatic heterocycles. The van der Waals surface area contributed by atoms with Crippen molar-refractivity contribution in [3.05, 3.63) is 23.8 Å². The predicted octanol–water partition coefficient (Wildman–Crippen LogP) is 1.85. The first-order valence-corrected chi connectivity index (χ1v) is 7.41. The van der Waals surface area contributed by atoms with Gasteiger partial charge in [-0.1, -0.05) is 6.07 Å². The number of carbonyl (C=O) groups is 1. The molecule has 0 saturated heterocycles. The van der Waals surface area contributed by atoms with E-state index < -0.39 is 0 Å². The minimum absolute atomic E-state index is 0.00574. The van der Waals surface area contributed by atoms with Crippen molar-refractivity contribution >= 4 is 5.91 Å². The average Bonchev–Trinajstić information content (AvgIpc) is 3.26. The highest BCUT2D eigenvalue weighted by Gasteiger charge is 2.20. The van der Waals surface area contributed by atoms with E-state index in [1.54, 1.807) is 7.11 Å². The van der Waals surface area contributed by atoms with Crippen LogP contribution in [0.3, 0.4) is 0 Å². The maximum absolute atomic E-state index is 11.6. The van der Waals surface area contributed by atoms with E-state index in [4.69, 9.17) is 9.47 Å². The van der Waals surface area contributed by atoms with E-state index in [1.165, 1.54) is 12.8 Å². The van der Waals surface area contributed by atoms with Crippen molar-refractivity contribution in [2.45, 2.75) is 45.3 Å². The fourth-order valence-corrected chi connectivity index (χ4v) is 2.00. The Labute approximate surface area is 126 Å². The second-order valence-electron chi connectivity index (χ2n) is 5.65. The zero-order chi connectivity index (χ0) is 15.2. The molecule has 1 amide bonds. The number of amides is 1. The molecule has 1 saturated carbocycles. The smallest absolute Gasteiger partial charge is 0.258 e. The van der Waals surface area contributed by atoms with Gasteiger partial charge in [-0.3, -0.25) is 4.79 Å². The first-order chi connectivity index (χ1) is 10.1. The van der Waals surface area contributed by atoms with E-state index >= 15 is 0 Å². The lowest BCUT2D eigenvalue weighted by molar-refractivity contribution is -0.123. The van der Waals surface area contributed by atoms with Gasteiger partial charge in [0.25, 0.3) is 5.91 Å². The fraction of sp³-hybridized carbons (Fsp3) is 0.562. The maximum atomic E-state index is 11.6. The zero-order valence-corrected chi connectivity index (χ0v) is 12.9. The molecule has 2 N–H and O–H groups in total. The number of hydrogen-bond acceptors (Lipinski definition) is 4. The number of methoxy groups -OCH3 is 1. The minimum Gasteiger partial charge on any atom is -0.493 e. The molecule has 1 fully saturated rings. The van der Waals surface area contributed by atoms with Crippen LogP contribution in [0.4, 0.5) is 0 Å². The van der Waals surface area contributed by atoms with E-state index in [0.29, 0.717) is 17.5 Å². The number of benzene rings is 1. The summed E-state index contributed by atoms with van der Waals surface area (Å²) in [5.74, 6) is 1.11. The van der Waals surface area contributed by atoms with Gasteiger partial charge in [-0.15, -0.1) is 0 Å². The molecule has 1 aromatic carbocycles. The van der Waals surface area contributed by atoms with Crippen LogP contribution in [0.15, 0.2) is 18.2 Å². The van der Waals surface area contributed by atoms with Crippen molar-refractivity contribution < 1.29 is 14.3 Å². The van der Waals surface area contributed by atoms with Gasteiger partial charge in [0.1, 0.15) is 0 Å². The van der Waals surface area contributed by atoms with Crippen molar-refractivity contribution in [1.82, 2.24) is 10.6 Å². The Morgan fingerprint density at radius 1 is 1.33 bits per heavy atom. The van der Waals surface area contributed by atoms with Gasteiger partial charge in [0.2, 0.25) is 0 Å². The van der Waals surface area contributed by atoms with Crippen LogP contribution >= 0.6 is 0 Å². The lowest BCUT2D eigenvalue weighted by Gasteiger charge is -2.13. The minimum atomic E-state index is -0.133. The van der Waals surface area contributed by atoms with Crippen LogP contribution in [-0.2, 0) is 11.3 Å². The molecular weight excluding hydrogens is 268 g/mol. The van der Waals surface area contributed by atoms with E-state index in [-0.39, 0.29) is 18.6 Å². The molecule has 1 aliphatic carbocycles. The lowest BCUT2D eigenvalue weighted by Crippen LogP contribution is -2.34. The average molecular weight is 292 g/mol. The number of nitrogens with one attached hydrogen (secondary N) is 2. The molecule has 2 rings (SSSR count). The third-order valence-electron chi connectivity index (χ3n) is 3.21. The first kappa shape index (κ1) is 15.6. The molecule has 1 aliphatic rings. The molecule has 0 heterocycles. The van der Waals surface area contributed by atoms with E-state index in [1.807, 2.05) is 32.0 Å². The Balaban J connectivity index is 1.90. The summed E-state index contributed by atoms with van der Waals surface area (Å²) in [7, 11) is 1.61. The Bertz CT molecular complexity index is 484. The molecule has 0 bridgehead atoms. The molecule has 0 unspecified atom stereocenters. The van der Waals surface area contributed by atoms with Crippen LogP contribution < -0.4 is 20.1 Å². The predicted molar refractivity (Wildman–Crippen MR) is 81.6 cm³/mol. The molecule has 0 aliphatic heterocycles. The SMILES string of the molecule is COc1cc(CNC2CC2)ccc1OCC(=O)NC(C)C. The Hall–Kier alpha value is -1.75. The zero-order valence-electron chi connectivity index (χ0n) is 12.9. The summed E-state index contributed by atoms with van der Waals surface area (Å²) in [5, 5.41) is 6.24. The summed E-state index contributed by atoms with van der Waals surface area (Å²) in [4.78, 5) is 11.6. The van der Waals surface area contributed by atoms with Crippen molar-refractivity contribution in [3.63, 3.8) is 0 Å². The number of carbonyl (C=O) groups excluding carboxylic acids is 1. The van der Waals surface area contributed by atoms with Gasteiger partial charge >= 0.3 is 0 Å². The lowest BCUT2D eigenvalue weighted by atomic mass is 10.2. The van der Waals surface area contributed by atoms with Crippen LogP contribution in [0.2, 0.25) is 0 Å². The van der Waals surface area contributed by atoms with Crippen molar-refractivity contribution in [1.29, 1.82) is 0 Å². The highest BCUT2D eigenvalue weighted by Crippen LogP contribution is 2.28. The molecule has 116 valence electrons. The molecule has 5 heteroatoms. The van der Waals surface area contributed by atoms with Crippen molar-refractivity contribution in [3.8, 4) is 11.5 Å². The second kappa shape index (κ2) is 7.31. The maximum Gasteiger partial charge on any atom is 0.258 e. The fourth-order valence-electron chi connectivity index (χ4n) is 2.00. The normalized spacial score (nSPS) is 14.1. The van der Waals surface area contributed by atoms with Crippen molar-refractivity contribution in [2.75, 3.05) is 13.7 Å². The van der Waals surface area contributed by atoms with Gasteiger partial charge in [0.15, 0.2) is 18.1 Å². The molecular formula is C16H24N2O3. The summed E-state index contributed by atoms with van der Waals surface area (Å²) in [6, 6.07) is 6.58. The monoisotopic (exact) mass is 292 g/mol. The third kappa shape index (κ3) is 5.27. The summed E-state index contributed by atoms with van der Waals surface area (Å²) in [5.41, 5.74) is 1.15. The van der Waals surface area contributed by atoms with Crippen LogP contribution in [-0.4, -0.2) is 31.7 Å². The standard InChI is InChI=1S/C16H24N2O3/c1-11(2)18-16(19)10-21-14-7-4-12(8-15(14)20-3)9-17-13-5-6-13/h4,7-8,11,13,17H,5-6,9-10H2,1-3H3,(H,18,19). The summed E-state index contributed by atoms with van der Waals surface area (Å²) in [6.07, 6.45) is 2.53. The Kier molecular flexibility index (Phi) is 5.44. The van der Waals surface area contributed by atoms with Crippen LogP contribution in [0, 0.1) is 0 Å². The van der Waals surface area contributed by atoms with Crippen molar-refractivity contribution in [2.24, 2.45) is 0 Å². The number of rotatable bonds is 8. The number of hydrogen-bond donors (Lipinski definition) is 2. The topological polar surface area (TPSA) is 59.6 Å². The summed E-state index contributed by atoms with van der Waals surface area (Å²) >= 11 is 0. The second-order valence-corrected chi connectivity index (χ2v) is 5.65. The van der Waals surface area contributed by atoms with Crippen LogP contribution in [0.5, 0.6) is 11.5 Å². The largest absolute Gasteiger partial charge is 0.493 e. The Morgan fingerprint density at radius 2 is 2.10 bits per heavy atom. The van der Waals surface area contributed by atoms with Gasteiger partial charge in [0, 0.05) is 18.6 Å². The van der Waals surface area contributed by atoms with E-state index in [0.717, 1.165) is 12.1 Å². The van der Waals surface area contributed by atoms with Gasteiger partial charge < -0.3 is 20.1 Å². The van der Waals surface area contributed by atoms with Gasteiger partial charge in [0.05, 0.1) is 7.11 Å². The van der Waals surface area contributed by atoms with E-state index in [9.17, 15) is 4.79 Å². The van der Waals surface area contributed by atoms with Crippen LogP contribution in [0.25, 0.3) is 0 Å². The Morgan fingerprint density at radius 3 is 2.71 bits per heavy atom. The quantitative estimate of drug-likeness (QED) is 0.768. The molecule has 5 nitrogen and oxygen atoms in total. The summed E-state index contributed by atoms with van der Waals surface area (Å²) < 4.78 is 10.9. The molecule has 0 spiro atoms. The summed E-state index contributed by atoms with van der Waals surface area (Å²) in [6.45, 7) is 4.66. The van der Waals surface area contributed by atoms with E-state index in [2.05, 4.69) is 10.6 Å². The molecule has 1 aromatic rings. The first-order valence-electron chi connectivity index (χ1n) is 7.41. The highest BCUT2D eigenvalue weighted by atomic mass is 16.5.